The number of benzene rings is 2. The Hall–Kier alpha value is -4.51. The van der Waals surface area contributed by atoms with Gasteiger partial charge in [0, 0.05) is 12.6 Å². The number of aliphatic hydroxyl groups is 3. The number of esters is 1. The largest absolute Gasteiger partial charge is 0.502 e. The van der Waals surface area contributed by atoms with Crippen LogP contribution in [0.4, 0.5) is 0 Å². The van der Waals surface area contributed by atoms with Gasteiger partial charge in [0.2, 0.25) is 12.0 Å². The molecular formula is C29H37N3O13. The van der Waals surface area contributed by atoms with E-state index in [-0.39, 0.29) is 45.9 Å². The summed E-state index contributed by atoms with van der Waals surface area (Å²) in [5.74, 6) is -2.13. The van der Waals surface area contributed by atoms with Crippen LogP contribution in [0.25, 0.3) is 0 Å². The second kappa shape index (κ2) is 14.5. The molecule has 45 heavy (non-hydrogen) atoms. The van der Waals surface area contributed by atoms with Crippen molar-refractivity contribution in [1.29, 1.82) is 0 Å². The summed E-state index contributed by atoms with van der Waals surface area (Å²) in [5, 5.41) is 54.8. The molecule has 1 fully saturated rings. The van der Waals surface area contributed by atoms with Gasteiger partial charge >= 0.3 is 11.9 Å². The number of phenolic OH excluding ortho intramolecular Hbond substituents is 1. The first kappa shape index (κ1) is 33.4. The number of carboxylic acids is 1. The van der Waals surface area contributed by atoms with Gasteiger partial charge in [-0.3, -0.25) is 4.99 Å². The van der Waals surface area contributed by atoms with Crippen LogP contribution >= 0.6 is 0 Å². The molecular weight excluding hydrogens is 598 g/mol. The molecule has 2 aliphatic rings. The number of phenols is 1. The highest BCUT2D eigenvalue weighted by Gasteiger charge is 2.46. The van der Waals surface area contributed by atoms with Crippen molar-refractivity contribution in [3.63, 3.8) is 0 Å². The Morgan fingerprint density at radius 2 is 1.62 bits per heavy atom. The number of carbonyl (C=O) groups is 2. The summed E-state index contributed by atoms with van der Waals surface area (Å²) in [6.45, 7) is -0.0408. The van der Waals surface area contributed by atoms with Crippen LogP contribution in [0.15, 0.2) is 29.3 Å². The number of hydrogen-bond donors (Lipinski definition) is 7. The molecule has 8 N–H and O–H groups in total. The van der Waals surface area contributed by atoms with Gasteiger partial charge in [0.25, 0.3) is 0 Å². The average Bonchev–Trinajstić information content (AvgIpc) is 3.03. The van der Waals surface area contributed by atoms with E-state index in [0.717, 1.165) is 0 Å². The van der Waals surface area contributed by atoms with Crippen LogP contribution in [0, 0.1) is 0 Å². The van der Waals surface area contributed by atoms with Crippen molar-refractivity contribution in [2.24, 2.45) is 10.7 Å². The summed E-state index contributed by atoms with van der Waals surface area (Å²) in [4.78, 5) is 28.8. The number of aromatic carboxylic acids is 1. The van der Waals surface area contributed by atoms with Gasteiger partial charge in [-0.1, -0.05) is 0 Å². The predicted molar refractivity (Wildman–Crippen MR) is 155 cm³/mol. The van der Waals surface area contributed by atoms with E-state index in [0.29, 0.717) is 37.3 Å². The van der Waals surface area contributed by atoms with E-state index >= 15 is 0 Å². The van der Waals surface area contributed by atoms with Crippen molar-refractivity contribution in [3.8, 4) is 28.7 Å². The molecule has 0 unspecified atom stereocenters. The van der Waals surface area contributed by atoms with Crippen LogP contribution in [0.3, 0.4) is 0 Å². The molecule has 0 spiro atoms. The summed E-state index contributed by atoms with van der Waals surface area (Å²) in [7, 11) is 3.88. The van der Waals surface area contributed by atoms with E-state index in [1.807, 2.05) is 0 Å². The smallest absolute Gasteiger partial charge is 0.338 e. The topological polar surface area (TPSA) is 241 Å². The zero-order chi connectivity index (χ0) is 32.8. The van der Waals surface area contributed by atoms with Gasteiger partial charge in [-0.05, 0) is 49.1 Å². The molecule has 16 nitrogen and oxygen atoms in total. The maximum Gasteiger partial charge on any atom is 0.338 e. The fourth-order valence-corrected chi connectivity index (χ4v) is 4.99. The molecule has 0 amide bonds. The molecule has 2 heterocycles. The minimum atomic E-state index is -1.78. The predicted octanol–water partition coefficient (Wildman–Crippen LogP) is -0.231. The number of carboxylic acid groups (broad SMARTS) is 1. The zero-order valence-electron chi connectivity index (χ0n) is 24.8. The summed E-state index contributed by atoms with van der Waals surface area (Å²) < 4.78 is 32.6. The fraction of sp³-hybridized carbons (Fsp3) is 0.483. The second-order valence-corrected chi connectivity index (χ2v) is 10.4. The van der Waals surface area contributed by atoms with E-state index < -0.39 is 49.3 Å². The third-order valence-corrected chi connectivity index (χ3v) is 7.47. The van der Waals surface area contributed by atoms with Crippen LogP contribution in [0.5, 0.6) is 28.7 Å². The van der Waals surface area contributed by atoms with Crippen molar-refractivity contribution in [2.45, 2.75) is 56.0 Å². The number of aryl methyl sites for hydroxylation is 1. The third-order valence-electron chi connectivity index (χ3n) is 7.47. The zero-order valence-corrected chi connectivity index (χ0v) is 24.8. The Balaban J connectivity index is 1.54. The highest BCUT2D eigenvalue weighted by Crippen LogP contribution is 2.38. The van der Waals surface area contributed by atoms with Crippen molar-refractivity contribution in [3.05, 3.63) is 41.0 Å². The summed E-state index contributed by atoms with van der Waals surface area (Å²) in [6.07, 6.45) is -6.67. The number of aliphatic hydroxyl groups excluding tert-OH is 3. The SMILES string of the molecule is COc1cc(C(=O)OC[C@H]2O[C@@H](Oc3c(CC[C@H]4CCN=C(N)N4)cc(C(=O)O)cc3OC)[C@H](O)[C@@H](O)[C@@H]2O)cc(OC)c1O. The molecule has 0 aliphatic carbocycles. The first-order valence-electron chi connectivity index (χ1n) is 14.0. The number of carbonyl (C=O) groups excluding carboxylic acids is 1. The lowest BCUT2D eigenvalue weighted by atomic mass is 9.98. The van der Waals surface area contributed by atoms with Crippen molar-refractivity contribution in [1.82, 2.24) is 5.32 Å². The van der Waals surface area contributed by atoms with Crippen LogP contribution in [0.1, 0.15) is 39.1 Å². The Kier molecular flexibility index (Phi) is 10.8. The molecule has 2 aromatic rings. The number of guanidine groups is 1. The van der Waals surface area contributed by atoms with Crippen molar-refractivity contribution >= 4 is 17.9 Å². The molecule has 246 valence electrons. The number of ether oxygens (including phenoxy) is 6. The number of nitrogens with one attached hydrogen (secondary N) is 1. The number of rotatable bonds is 12. The van der Waals surface area contributed by atoms with E-state index in [2.05, 4.69) is 10.3 Å². The van der Waals surface area contributed by atoms with Gasteiger partial charge in [0.05, 0.1) is 32.5 Å². The fourth-order valence-electron chi connectivity index (χ4n) is 4.99. The van der Waals surface area contributed by atoms with Gasteiger partial charge in [-0.25, -0.2) is 9.59 Å². The number of methoxy groups -OCH3 is 3. The molecule has 0 aromatic heterocycles. The summed E-state index contributed by atoms with van der Waals surface area (Å²) >= 11 is 0. The first-order chi connectivity index (χ1) is 21.5. The number of aliphatic imine (C=N–C) groups is 1. The van der Waals surface area contributed by atoms with E-state index in [9.17, 15) is 35.1 Å². The van der Waals surface area contributed by atoms with Gasteiger partial charge in [0.15, 0.2) is 29.0 Å². The average molecular weight is 636 g/mol. The van der Waals surface area contributed by atoms with Crippen molar-refractivity contribution < 1.29 is 63.5 Å². The number of aromatic hydroxyl groups is 1. The molecule has 2 aromatic carbocycles. The monoisotopic (exact) mass is 635 g/mol. The molecule has 4 rings (SSSR count). The van der Waals surface area contributed by atoms with Gasteiger partial charge in [-0.15, -0.1) is 0 Å². The van der Waals surface area contributed by atoms with Gasteiger partial charge < -0.3 is 65.0 Å². The molecule has 0 radical (unpaired) electrons. The first-order valence-corrected chi connectivity index (χ1v) is 14.0. The lowest BCUT2D eigenvalue weighted by Crippen LogP contribution is -2.60. The summed E-state index contributed by atoms with van der Waals surface area (Å²) in [5.41, 5.74) is 6.08. The second-order valence-electron chi connectivity index (χ2n) is 10.4. The van der Waals surface area contributed by atoms with Gasteiger partial charge in [0.1, 0.15) is 31.0 Å². The maximum atomic E-state index is 12.8. The Labute approximate surface area is 257 Å². The lowest BCUT2D eigenvalue weighted by Gasteiger charge is -2.40. The molecule has 6 atom stereocenters. The van der Waals surface area contributed by atoms with E-state index in [1.54, 1.807) is 0 Å². The normalized spacial score (nSPS) is 24.5. The van der Waals surface area contributed by atoms with E-state index in [1.165, 1.54) is 45.6 Å². The lowest BCUT2D eigenvalue weighted by molar-refractivity contribution is -0.277. The van der Waals surface area contributed by atoms with Crippen LogP contribution in [-0.2, 0) is 15.9 Å². The molecule has 16 heteroatoms. The number of nitrogens with zero attached hydrogens (tertiary/aromatic N) is 1. The minimum Gasteiger partial charge on any atom is -0.502 e. The highest BCUT2D eigenvalue weighted by atomic mass is 16.7. The standard InChI is InChI=1S/C29H37N3O13/c1-40-17-10-15(11-18(41-2)21(17)33)27(39)43-12-20-22(34)23(35)24(36)28(44-20)45-25-13(4-5-16-6-7-31-29(30)32-16)8-14(26(37)38)9-19(25)42-3/h8-11,16,20,22-24,28,33-36H,4-7,12H2,1-3H3,(H,37,38)(H3,30,31,32)/t16-,20+,22+,23-,24+,28-/m0/s1. The Morgan fingerprint density at radius 1 is 0.978 bits per heavy atom. The van der Waals surface area contributed by atoms with Crippen LogP contribution in [-0.4, -0.2) is 115 Å². The van der Waals surface area contributed by atoms with Gasteiger partial charge in [-0.2, -0.15) is 0 Å². The number of nitrogens with two attached hydrogens (primary N) is 1. The van der Waals surface area contributed by atoms with Crippen molar-refractivity contribution in [2.75, 3.05) is 34.5 Å². The molecule has 0 saturated carbocycles. The number of hydrogen-bond acceptors (Lipinski definition) is 15. The van der Waals surface area contributed by atoms with Crippen LogP contribution in [0.2, 0.25) is 0 Å². The Bertz CT molecular complexity index is 1390. The highest BCUT2D eigenvalue weighted by molar-refractivity contribution is 5.91. The summed E-state index contributed by atoms with van der Waals surface area (Å²) in [6, 6.07) is 5.05. The minimum absolute atomic E-state index is 0.0252. The maximum absolute atomic E-state index is 12.8. The van der Waals surface area contributed by atoms with E-state index in [4.69, 9.17) is 34.2 Å². The Morgan fingerprint density at radius 3 is 2.22 bits per heavy atom. The quantitative estimate of drug-likeness (QED) is 0.149. The molecule has 1 saturated heterocycles. The molecule has 0 bridgehead atoms. The molecule has 2 aliphatic heterocycles. The third kappa shape index (κ3) is 7.59. The van der Waals surface area contributed by atoms with Crippen LogP contribution < -0.4 is 30.0 Å².